The molecule has 0 N–H and O–H groups in total. The number of hydrogen-bond donors (Lipinski definition) is 0. The molecule has 9 heteroatoms. The first-order valence-corrected chi connectivity index (χ1v) is 10.4. The van der Waals surface area contributed by atoms with Gasteiger partial charge >= 0.3 is 0 Å². The van der Waals surface area contributed by atoms with Crippen LogP contribution in [0.2, 0.25) is 0 Å². The molecule has 0 radical (unpaired) electrons. The van der Waals surface area contributed by atoms with Crippen LogP contribution in [0, 0.1) is 11.3 Å². The summed E-state index contributed by atoms with van der Waals surface area (Å²) >= 11 is 0. The summed E-state index contributed by atoms with van der Waals surface area (Å²) in [6, 6.07) is 9.45. The first kappa shape index (κ1) is 20.0. The fourth-order valence-corrected chi connectivity index (χ4v) is 4.08. The largest absolute Gasteiger partial charge is 0.439 e. The zero-order chi connectivity index (χ0) is 22.2. The summed E-state index contributed by atoms with van der Waals surface area (Å²) in [4.78, 5) is 17.4. The molecule has 32 heavy (non-hydrogen) atoms. The maximum atomic E-state index is 12.9. The predicted octanol–water partition coefficient (Wildman–Crippen LogP) is 2.99. The quantitative estimate of drug-likeness (QED) is 0.494. The van der Waals surface area contributed by atoms with E-state index in [0.29, 0.717) is 41.6 Å². The Morgan fingerprint density at radius 1 is 1.16 bits per heavy atom. The molecule has 5 rings (SSSR count). The Morgan fingerprint density at radius 3 is 2.62 bits per heavy atom. The highest BCUT2D eigenvalue weighted by molar-refractivity contribution is 5.66. The predicted molar refractivity (Wildman–Crippen MR) is 117 cm³/mol. The fraction of sp³-hybridized carbons (Fsp3) is 0.304. The van der Waals surface area contributed by atoms with Crippen molar-refractivity contribution >= 4 is 5.52 Å². The number of hydrogen-bond acceptors (Lipinski definition) is 6. The average molecular weight is 430 g/mol. The van der Waals surface area contributed by atoms with Crippen LogP contribution in [0.4, 0.5) is 0 Å². The van der Waals surface area contributed by atoms with Gasteiger partial charge in [0.2, 0.25) is 5.88 Å². The number of nitriles is 1. The zero-order valence-electron chi connectivity index (χ0n) is 17.9. The second kappa shape index (κ2) is 7.98. The Hall–Kier alpha value is -3.90. The Balaban J connectivity index is 1.48. The molecule has 0 spiro atoms. The molecule has 4 heterocycles. The lowest BCUT2D eigenvalue weighted by Gasteiger charge is -2.21. The van der Waals surface area contributed by atoms with E-state index in [1.54, 1.807) is 43.3 Å². The van der Waals surface area contributed by atoms with Gasteiger partial charge in [-0.05, 0) is 37.1 Å². The van der Waals surface area contributed by atoms with Crippen LogP contribution in [0.1, 0.15) is 30.1 Å². The van der Waals surface area contributed by atoms with Crippen molar-refractivity contribution in [3.05, 3.63) is 64.6 Å². The minimum atomic E-state index is -0.169. The lowest BCUT2D eigenvalue weighted by Crippen LogP contribution is -2.22. The highest BCUT2D eigenvalue weighted by Gasteiger charge is 2.22. The highest BCUT2D eigenvalue weighted by Crippen LogP contribution is 2.29. The van der Waals surface area contributed by atoms with Crippen LogP contribution in [0.3, 0.4) is 0 Å². The molecule has 0 aliphatic carbocycles. The summed E-state index contributed by atoms with van der Waals surface area (Å²) in [6.07, 6.45) is 6.89. The summed E-state index contributed by atoms with van der Waals surface area (Å²) in [5.74, 6) is 2.10. The summed E-state index contributed by atoms with van der Waals surface area (Å²) in [5.41, 5.74) is 2.30. The van der Waals surface area contributed by atoms with E-state index in [1.807, 2.05) is 22.7 Å². The van der Waals surface area contributed by atoms with Gasteiger partial charge in [-0.2, -0.15) is 10.4 Å². The Bertz CT molecular complexity index is 1380. The van der Waals surface area contributed by atoms with Gasteiger partial charge in [0.05, 0.1) is 18.0 Å². The summed E-state index contributed by atoms with van der Waals surface area (Å²) < 4.78 is 16.5. The highest BCUT2D eigenvalue weighted by atomic mass is 16.5. The third-order valence-electron chi connectivity index (χ3n) is 5.81. The fourth-order valence-electron chi connectivity index (χ4n) is 4.08. The van der Waals surface area contributed by atoms with Gasteiger partial charge in [0, 0.05) is 45.0 Å². The molecule has 0 atom stereocenters. The molecule has 162 valence electrons. The molecule has 1 saturated heterocycles. The van der Waals surface area contributed by atoms with Crippen LogP contribution in [-0.4, -0.2) is 36.9 Å². The molecule has 1 aromatic carbocycles. The lowest BCUT2D eigenvalue weighted by molar-refractivity contribution is 0.0834. The van der Waals surface area contributed by atoms with E-state index in [-0.39, 0.29) is 11.5 Å². The van der Waals surface area contributed by atoms with Gasteiger partial charge in [-0.3, -0.25) is 18.4 Å². The molecule has 1 fully saturated rings. The average Bonchev–Trinajstić information content (AvgIpc) is 3.41. The van der Waals surface area contributed by atoms with Crippen molar-refractivity contribution in [1.82, 2.24) is 23.7 Å². The third kappa shape index (κ3) is 3.44. The second-order valence-electron chi connectivity index (χ2n) is 7.89. The number of ether oxygens (including phenoxy) is 2. The SMILES string of the molecule is Cn1cc(C#N)c(-c2ccc(Oc3cn4c(C5CCOCC5)ncc4c(=O)n3C)cc2)n1. The first-order valence-electron chi connectivity index (χ1n) is 10.4. The number of nitrogens with zero attached hydrogens (tertiary/aromatic N) is 6. The van der Waals surface area contributed by atoms with Crippen LogP contribution < -0.4 is 10.3 Å². The molecule has 0 amide bonds. The number of imidazole rings is 1. The van der Waals surface area contributed by atoms with Gasteiger partial charge in [-0.1, -0.05) is 0 Å². The molecule has 9 nitrogen and oxygen atoms in total. The van der Waals surface area contributed by atoms with Crippen LogP contribution in [0.5, 0.6) is 11.6 Å². The summed E-state index contributed by atoms with van der Waals surface area (Å²) in [6.45, 7) is 1.40. The summed E-state index contributed by atoms with van der Waals surface area (Å²) in [7, 11) is 3.46. The van der Waals surface area contributed by atoms with E-state index in [4.69, 9.17) is 9.47 Å². The Morgan fingerprint density at radius 2 is 1.91 bits per heavy atom. The minimum absolute atomic E-state index is 0.169. The lowest BCUT2D eigenvalue weighted by atomic mass is 10.00. The van der Waals surface area contributed by atoms with E-state index in [0.717, 1.165) is 24.2 Å². The minimum Gasteiger partial charge on any atom is -0.439 e. The van der Waals surface area contributed by atoms with Gasteiger partial charge in [-0.15, -0.1) is 0 Å². The summed E-state index contributed by atoms with van der Waals surface area (Å²) in [5, 5.41) is 13.7. The van der Waals surface area contributed by atoms with E-state index in [2.05, 4.69) is 16.2 Å². The van der Waals surface area contributed by atoms with Crippen molar-refractivity contribution in [2.75, 3.05) is 13.2 Å². The number of rotatable bonds is 4. The van der Waals surface area contributed by atoms with Crippen molar-refractivity contribution in [1.29, 1.82) is 5.26 Å². The number of aryl methyl sites for hydroxylation is 1. The van der Waals surface area contributed by atoms with Crippen molar-refractivity contribution in [3.63, 3.8) is 0 Å². The Kier molecular flexibility index (Phi) is 4.99. The molecule has 1 aliphatic heterocycles. The number of benzene rings is 1. The molecule has 0 saturated carbocycles. The van der Waals surface area contributed by atoms with E-state index >= 15 is 0 Å². The van der Waals surface area contributed by atoms with Gasteiger partial charge in [0.15, 0.2) is 0 Å². The van der Waals surface area contributed by atoms with Crippen LogP contribution >= 0.6 is 0 Å². The smallest absolute Gasteiger partial charge is 0.279 e. The standard InChI is InChI=1S/C23H22N6O3/c1-27-13-17(11-24)21(26-27)15-3-5-18(6-4-15)32-20-14-29-19(23(30)28(20)2)12-25-22(29)16-7-9-31-10-8-16/h3-6,12-14,16H,7-10H2,1-2H3. The molecule has 0 bridgehead atoms. The zero-order valence-corrected chi connectivity index (χ0v) is 17.9. The van der Waals surface area contributed by atoms with Gasteiger partial charge in [0.25, 0.3) is 5.56 Å². The van der Waals surface area contributed by atoms with E-state index in [9.17, 15) is 10.1 Å². The molecular weight excluding hydrogens is 408 g/mol. The number of fused-ring (bicyclic) bond motifs is 1. The number of aromatic nitrogens is 5. The van der Waals surface area contributed by atoms with Crippen molar-refractivity contribution in [2.45, 2.75) is 18.8 Å². The molecule has 4 aromatic rings. The first-order chi connectivity index (χ1) is 15.5. The van der Waals surface area contributed by atoms with E-state index in [1.165, 1.54) is 4.57 Å². The van der Waals surface area contributed by atoms with Crippen LogP contribution in [-0.2, 0) is 18.8 Å². The van der Waals surface area contributed by atoms with Crippen molar-refractivity contribution < 1.29 is 9.47 Å². The van der Waals surface area contributed by atoms with Gasteiger partial charge in [0.1, 0.15) is 28.9 Å². The van der Waals surface area contributed by atoms with Gasteiger partial charge < -0.3 is 9.47 Å². The normalized spacial score (nSPS) is 14.5. The third-order valence-corrected chi connectivity index (χ3v) is 5.81. The maximum Gasteiger partial charge on any atom is 0.279 e. The molecular formula is C23H22N6O3. The molecule has 1 aliphatic rings. The second-order valence-corrected chi connectivity index (χ2v) is 7.89. The van der Waals surface area contributed by atoms with Crippen LogP contribution in [0.15, 0.2) is 47.7 Å². The van der Waals surface area contributed by atoms with Crippen LogP contribution in [0.25, 0.3) is 16.8 Å². The maximum absolute atomic E-state index is 12.9. The topological polar surface area (TPSA) is 99.4 Å². The monoisotopic (exact) mass is 430 g/mol. The molecule has 0 unspecified atom stereocenters. The van der Waals surface area contributed by atoms with Gasteiger partial charge in [-0.25, -0.2) is 4.98 Å². The van der Waals surface area contributed by atoms with E-state index < -0.39 is 0 Å². The van der Waals surface area contributed by atoms with Crippen molar-refractivity contribution in [3.8, 4) is 29.0 Å². The van der Waals surface area contributed by atoms with Crippen molar-refractivity contribution in [2.24, 2.45) is 14.1 Å². The molecule has 3 aromatic heterocycles. The Labute approximate surface area is 184 Å².